The second-order valence-corrected chi connectivity index (χ2v) is 8.05. The average Bonchev–Trinajstić information content (AvgIpc) is 2.58. The van der Waals surface area contributed by atoms with Crippen LogP contribution in [0.2, 0.25) is 10.0 Å². The van der Waals surface area contributed by atoms with Gasteiger partial charge in [0.2, 0.25) is 11.8 Å². The average molecular weight is 402 g/mol. The van der Waals surface area contributed by atoms with E-state index in [1.54, 1.807) is 23.1 Å². The second-order valence-electron chi connectivity index (χ2n) is 7.21. The number of carbonyl (C=O) groups excluding carboxylic acids is 2. The van der Waals surface area contributed by atoms with Crippen molar-refractivity contribution >= 4 is 35.0 Å². The van der Waals surface area contributed by atoms with Crippen LogP contribution in [0.15, 0.2) is 18.2 Å². The van der Waals surface area contributed by atoms with Gasteiger partial charge in [-0.15, -0.1) is 0 Å². The first-order valence-electron chi connectivity index (χ1n) is 8.58. The number of benzene rings is 1. The van der Waals surface area contributed by atoms with Gasteiger partial charge < -0.3 is 21.1 Å². The highest BCUT2D eigenvalue weighted by atomic mass is 35.5. The number of likely N-dealkylation sites (tertiary alicyclic amines) is 1. The number of amides is 2. The van der Waals surface area contributed by atoms with Gasteiger partial charge in [0.25, 0.3) is 0 Å². The van der Waals surface area contributed by atoms with Crippen LogP contribution in [0.4, 0.5) is 0 Å². The zero-order valence-electron chi connectivity index (χ0n) is 15.0. The molecule has 0 bridgehead atoms. The van der Waals surface area contributed by atoms with Gasteiger partial charge in [-0.2, -0.15) is 0 Å². The molecule has 2 amide bonds. The van der Waals surface area contributed by atoms with Gasteiger partial charge in [-0.25, -0.2) is 0 Å². The maximum absolute atomic E-state index is 12.5. The zero-order valence-corrected chi connectivity index (χ0v) is 16.5. The first-order chi connectivity index (χ1) is 12.1. The number of hydrogen-bond donors (Lipinski definition) is 3. The molecule has 2 rings (SSSR count). The molecule has 0 spiro atoms. The van der Waals surface area contributed by atoms with E-state index in [9.17, 15) is 14.7 Å². The molecule has 8 heteroatoms. The molecule has 6 nitrogen and oxygen atoms in total. The highest BCUT2D eigenvalue weighted by molar-refractivity contribution is 6.35. The smallest absolute Gasteiger partial charge is 0.242 e. The lowest BCUT2D eigenvalue weighted by atomic mass is 9.93. The van der Waals surface area contributed by atoms with Gasteiger partial charge in [-0.1, -0.05) is 29.3 Å². The molecule has 0 aromatic heterocycles. The van der Waals surface area contributed by atoms with E-state index < -0.39 is 11.6 Å². The highest BCUT2D eigenvalue weighted by Gasteiger charge is 2.36. The maximum Gasteiger partial charge on any atom is 0.242 e. The van der Waals surface area contributed by atoms with E-state index >= 15 is 0 Å². The Morgan fingerprint density at radius 1 is 1.42 bits per heavy atom. The number of aliphatic hydroxyl groups is 1. The predicted molar refractivity (Wildman–Crippen MR) is 102 cm³/mol. The summed E-state index contributed by atoms with van der Waals surface area (Å²) in [6, 6.07) is 4.10. The van der Waals surface area contributed by atoms with Crippen LogP contribution in [0.1, 0.15) is 32.3 Å². The summed E-state index contributed by atoms with van der Waals surface area (Å²) in [5.41, 5.74) is 5.31. The minimum absolute atomic E-state index is 0.134. The fourth-order valence-electron chi connectivity index (χ4n) is 2.88. The topological polar surface area (TPSA) is 95.7 Å². The van der Waals surface area contributed by atoms with E-state index in [4.69, 9.17) is 28.9 Å². The molecule has 1 aromatic rings. The summed E-state index contributed by atoms with van der Waals surface area (Å²) < 4.78 is 0. The molecule has 4 N–H and O–H groups in total. The van der Waals surface area contributed by atoms with Crippen LogP contribution < -0.4 is 11.1 Å². The zero-order chi connectivity index (χ0) is 19.5. The molecule has 1 fully saturated rings. The summed E-state index contributed by atoms with van der Waals surface area (Å²) in [6.07, 6.45) is 1.41. The number of hydrogen-bond acceptors (Lipinski definition) is 4. The van der Waals surface area contributed by atoms with E-state index in [-0.39, 0.29) is 17.7 Å². The van der Waals surface area contributed by atoms with Gasteiger partial charge in [0.1, 0.15) is 6.04 Å². The van der Waals surface area contributed by atoms with Gasteiger partial charge in [-0.3, -0.25) is 9.59 Å². The Kier molecular flexibility index (Phi) is 6.91. The lowest BCUT2D eigenvalue weighted by molar-refractivity contribution is -0.141. The normalized spacial score (nSPS) is 19.2. The van der Waals surface area contributed by atoms with E-state index in [0.717, 1.165) is 5.56 Å². The third-order valence-electron chi connectivity index (χ3n) is 4.60. The van der Waals surface area contributed by atoms with Crippen molar-refractivity contribution in [3.05, 3.63) is 33.8 Å². The lowest BCUT2D eigenvalue weighted by Crippen LogP contribution is -2.57. The van der Waals surface area contributed by atoms with Crippen LogP contribution in [0.5, 0.6) is 0 Å². The SMILES string of the molecule is CC(C)(O)C(N)C(=O)N1CCCC(C(=O)NCc2ccc(Cl)cc2Cl)C1. The molecule has 1 aliphatic heterocycles. The van der Waals surface area contributed by atoms with E-state index in [1.807, 2.05) is 0 Å². The van der Waals surface area contributed by atoms with Gasteiger partial charge in [0.05, 0.1) is 11.5 Å². The van der Waals surface area contributed by atoms with E-state index in [2.05, 4.69) is 5.32 Å². The summed E-state index contributed by atoms with van der Waals surface area (Å²) in [5.74, 6) is -0.783. The molecule has 0 radical (unpaired) electrons. The number of nitrogens with zero attached hydrogens (tertiary/aromatic N) is 1. The molecule has 1 saturated heterocycles. The molecule has 0 saturated carbocycles. The molecule has 1 aliphatic rings. The number of piperidine rings is 1. The largest absolute Gasteiger partial charge is 0.388 e. The molecule has 0 aliphatic carbocycles. The second kappa shape index (κ2) is 8.57. The quantitative estimate of drug-likeness (QED) is 0.702. The fourth-order valence-corrected chi connectivity index (χ4v) is 3.36. The lowest BCUT2D eigenvalue weighted by Gasteiger charge is -2.36. The van der Waals surface area contributed by atoms with Crippen molar-refractivity contribution in [1.29, 1.82) is 0 Å². The van der Waals surface area contributed by atoms with Crippen LogP contribution in [0, 0.1) is 5.92 Å². The number of halogens is 2. The van der Waals surface area contributed by atoms with Gasteiger partial charge in [0, 0.05) is 29.7 Å². The molecule has 1 heterocycles. The van der Waals surface area contributed by atoms with Crippen LogP contribution in [0.3, 0.4) is 0 Å². The Bertz CT molecular complexity index is 676. The van der Waals surface area contributed by atoms with Crippen molar-refractivity contribution in [2.75, 3.05) is 13.1 Å². The monoisotopic (exact) mass is 401 g/mol. The summed E-state index contributed by atoms with van der Waals surface area (Å²) in [7, 11) is 0. The first-order valence-corrected chi connectivity index (χ1v) is 9.33. The van der Waals surface area contributed by atoms with Crippen LogP contribution >= 0.6 is 23.2 Å². The maximum atomic E-state index is 12.5. The Morgan fingerprint density at radius 2 is 2.12 bits per heavy atom. The molecular weight excluding hydrogens is 377 g/mol. The van der Waals surface area contributed by atoms with Crippen molar-refractivity contribution in [1.82, 2.24) is 10.2 Å². The number of carbonyl (C=O) groups is 2. The van der Waals surface area contributed by atoms with Gasteiger partial charge in [0.15, 0.2) is 0 Å². The van der Waals surface area contributed by atoms with Crippen molar-refractivity contribution < 1.29 is 14.7 Å². The van der Waals surface area contributed by atoms with Gasteiger partial charge >= 0.3 is 0 Å². The third kappa shape index (κ3) is 5.33. The van der Waals surface area contributed by atoms with Crippen molar-refractivity contribution in [2.45, 2.75) is 44.9 Å². The van der Waals surface area contributed by atoms with Crippen molar-refractivity contribution in [2.24, 2.45) is 11.7 Å². The van der Waals surface area contributed by atoms with E-state index in [0.29, 0.717) is 42.5 Å². The molecular formula is C18H25Cl2N3O3. The Hall–Kier alpha value is -1.34. The molecule has 2 atom stereocenters. The summed E-state index contributed by atoms with van der Waals surface area (Å²) in [6.45, 7) is 4.12. The molecule has 2 unspecified atom stereocenters. The number of nitrogens with two attached hydrogens (primary N) is 1. The van der Waals surface area contributed by atoms with Crippen LogP contribution in [0.25, 0.3) is 0 Å². The third-order valence-corrected chi connectivity index (χ3v) is 5.19. The van der Waals surface area contributed by atoms with E-state index in [1.165, 1.54) is 13.8 Å². The number of nitrogens with one attached hydrogen (secondary N) is 1. The summed E-state index contributed by atoms with van der Waals surface area (Å²) in [4.78, 5) is 26.5. The van der Waals surface area contributed by atoms with Crippen LogP contribution in [-0.4, -0.2) is 46.6 Å². The first kappa shape index (κ1) is 21.0. The summed E-state index contributed by atoms with van der Waals surface area (Å²) in [5, 5.41) is 13.8. The number of rotatable bonds is 5. The van der Waals surface area contributed by atoms with Crippen LogP contribution in [-0.2, 0) is 16.1 Å². The molecule has 26 heavy (non-hydrogen) atoms. The predicted octanol–water partition coefficient (Wildman–Crippen LogP) is 1.95. The summed E-state index contributed by atoms with van der Waals surface area (Å²) >= 11 is 12.0. The minimum atomic E-state index is -1.31. The molecule has 144 valence electrons. The Morgan fingerprint density at radius 3 is 2.73 bits per heavy atom. The van der Waals surface area contributed by atoms with Crippen molar-refractivity contribution in [3.63, 3.8) is 0 Å². The minimum Gasteiger partial charge on any atom is -0.388 e. The highest BCUT2D eigenvalue weighted by Crippen LogP contribution is 2.22. The van der Waals surface area contributed by atoms with Gasteiger partial charge in [-0.05, 0) is 44.4 Å². The standard InChI is InChI=1S/C18H25Cl2N3O3/c1-18(2,26)15(21)17(25)23-7-3-4-12(10-23)16(24)22-9-11-5-6-13(19)8-14(11)20/h5-6,8,12,15,26H,3-4,7,9-10,21H2,1-2H3,(H,22,24). The van der Waals surface area contributed by atoms with Crippen molar-refractivity contribution in [3.8, 4) is 0 Å². The Balaban J connectivity index is 1.94. The molecule has 1 aromatic carbocycles. The fraction of sp³-hybridized carbons (Fsp3) is 0.556. The Labute approximate surface area is 163 Å².